The van der Waals surface area contributed by atoms with Crippen LogP contribution in [0.25, 0.3) is 0 Å². The first-order valence-electron chi connectivity index (χ1n) is 5.06. The zero-order chi connectivity index (χ0) is 10.9. The van der Waals surface area contributed by atoms with Crippen molar-refractivity contribution in [1.82, 2.24) is 10.3 Å². The van der Waals surface area contributed by atoms with Crippen LogP contribution in [0.5, 0.6) is 0 Å². The average molecular weight is 229 g/mol. The molecule has 0 aromatic carbocycles. The Morgan fingerprint density at radius 1 is 1.53 bits per heavy atom. The lowest BCUT2D eigenvalue weighted by molar-refractivity contribution is 0.195. The molecule has 0 amide bonds. The van der Waals surface area contributed by atoms with Crippen molar-refractivity contribution >= 4 is 11.6 Å². The molecule has 84 valence electrons. The topological polar surface area (TPSA) is 34.1 Å². The van der Waals surface area contributed by atoms with Gasteiger partial charge in [-0.2, -0.15) is 0 Å². The van der Waals surface area contributed by atoms with Crippen molar-refractivity contribution < 1.29 is 4.74 Å². The van der Waals surface area contributed by atoms with Crippen molar-refractivity contribution in [2.45, 2.75) is 18.3 Å². The lowest BCUT2D eigenvalue weighted by Crippen LogP contribution is -2.20. The molecule has 1 heterocycles. The van der Waals surface area contributed by atoms with Crippen LogP contribution in [0.15, 0.2) is 24.4 Å². The summed E-state index contributed by atoms with van der Waals surface area (Å²) in [4.78, 5) is 4.21. The van der Waals surface area contributed by atoms with Gasteiger partial charge in [0.25, 0.3) is 0 Å². The summed E-state index contributed by atoms with van der Waals surface area (Å²) >= 11 is 5.98. The van der Waals surface area contributed by atoms with Gasteiger partial charge >= 0.3 is 0 Å². The smallest absolute Gasteiger partial charge is 0.0626 e. The second kappa shape index (κ2) is 7.63. The Hall–Kier alpha value is -0.640. The van der Waals surface area contributed by atoms with E-state index in [-0.39, 0.29) is 5.38 Å². The number of nitrogens with zero attached hydrogens (tertiary/aromatic N) is 1. The van der Waals surface area contributed by atoms with Crippen molar-refractivity contribution in [3.63, 3.8) is 0 Å². The fourth-order valence-electron chi connectivity index (χ4n) is 1.24. The molecule has 15 heavy (non-hydrogen) atoms. The van der Waals surface area contributed by atoms with Crippen LogP contribution in [0, 0.1) is 0 Å². The Labute approximate surface area is 95.8 Å². The van der Waals surface area contributed by atoms with Crippen LogP contribution in [0.3, 0.4) is 0 Å². The second-order valence-electron chi connectivity index (χ2n) is 3.34. The molecule has 0 aliphatic carbocycles. The van der Waals surface area contributed by atoms with E-state index < -0.39 is 0 Å². The van der Waals surface area contributed by atoms with Crippen LogP contribution in [0.4, 0.5) is 0 Å². The Kier molecular flexibility index (Phi) is 6.32. The van der Waals surface area contributed by atoms with Crippen molar-refractivity contribution in [2.75, 3.05) is 20.3 Å². The summed E-state index contributed by atoms with van der Waals surface area (Å²) in [5.41, 5.74) is 1.05. The number of hydrogen-bond acceptors (Lipinski definition) is 3. The Balaban J connectivity index is 2.07. The second-order valence-corrected chi connectivity index (χ2v) is 3.96. The van der Waals surface area contributed by atoms with E-state index >= 15 is 0 Å². The third kappa shape index (κ3) is 5.72. The van der Waals surface area contributed by atoms with Gasteiger partial charge in [0, 0.05) is 19.9 Å². The normalized spacial score (nSPS) is 12.7. The minimum Gasteiger partial charge on any atom is -0.383 e. The number of methoxy groups -OCH3 is 1. The summed E-state index contributed by atoms with van der Waals surface area (Å²) in [6.07, 6.45) is 2.70. The molecule has 0 bridgehead atoms. The predicted molar refractivity (Wildman–Crippen MR) is 62.1 cm³/mol. The summed E-state index contributed by atoms with van der Waals surface area (Å²) in [6, 6.07) is 5.90. The summed E-state index contributed by atoms with van der Waals surface area (Å²) in [5.74, 6) is 0. The highest BCUT2D eigenvalue weighted by molar-refractivity contribution is 6.20. The van der Waals surface area contributed by atoms with Crippen LogP contribution in [0.2, 0.25) is 0 Å². The molecule has 0 fully saturated rings. The molecule has 4 heteroatoms. The monoisotopic (exact) mass is 228 g/mol. The van der Waals surface area contributed by atoms with Crippen LogP contribution < -0.4 is 5.32 Å². The number of pyridine rings is 1. The number of nitrogens with one attached hydrogen (secondary N) is 1. The van der Waals surface area contributed by atoms with E-state index in [0.717, 1.165) is 25.2 Å². The quantitative estimate of drug-likeness (QED) is 0.571. The molecular weight excluding hydrogens is 212 g/mol. The average Bonchev–Trinajstić information content (AvgIpc) is 2.26. The number of aromatic nitrogens is 1. The van der Waals surface area contributed by atoms with E-state index in [1.165, 1.54) is 0 Å². The van der Waals surface area contributed by atoms with Crippen molar-refractivity contribution in [1.29, 1.82) is 0 Å². The van der Waals surface area contributed by atoms with Crippen molar-refractivity contribution in [2.24, 2.45) is 0 Å². The molecule has 0 saturated carbocycles. The third-order valence-electron chi connectivity index (χ3n) is 2.01. The number of hydrogen-bond donors (Lipinski definition) is 1. The van der Waals surface area contributed by atoms with Crippen LogP contribution in [-0.4, -0.2) is 30.6 Å². The number of ether oxygens (including phenoxy) is 1. The molecule has 1 aromatic rings. The van der Waals surface area contributed by atoms with E-state index in [0.29, 0.717) is 6.61 Å². The summed E-state index contributed by atoms with van der Waals surface area (Å²) in [6.45, 7) is 2.28. The van der Waals surface area contributed by atoms with Gasteiger partial charge in [-0.25, -0.2) is 0 Å². The molecule has 0 aliphatic heterocycles. The zero-order valence-electron chi connectivity index (χ0n) is 8.95. The van der Waals surface area contributed by atoms with Gasteiger partial charge in [-0.15, -0.1) is 11.6 Å². The molecule has 3 nitrogen and oxygen atoms in total. The van der Waals surface area contributed by atoms with E-state index in [1.54, 1.807) is 13.3 Å². The third-order valence-corrected chi connectivity index (χ3v) is 2.36. The molecule has 0 saturated heterocycles. The Bertz CT molecular complexity index is 256. The lowest BCUT2D eigenvalue weighted by atomic mass is 10.3. The molecule has 1 aromatic heterocycles. The van der Waals surface area contributed by atoms with E-state index in [2.05, 4.69) is 10.3 Å². The fourth-order valence-corrected chi connectivity index (χ4v) is 1.48. The van der Waals surface area contributed by atoms with Gasteiger partial charge in [-0.05, 0) is 25.1 Å². The molecule has 0 aliphatic rings. The number of rotatable bonds is 7. The fraction of sp³-hybridized carbons (Fsp3) is 0.545. The van der Waals surface area contributed by atoms with Crippen molar-refractivity contribution in [3.8, 4) is 0 Å². The van der Waals surface area contributed by atoms with Gasteiger partial charge in [0.2, 0.25) is 0 Å². The largest absolute Gasteiger partial charge is 0.383 e. The molecule has 1 atom stereocenters. The maximum Gasteiger partial charge on any atom is 0.0626 e. The first kappa shape index (κ1) is 12.4. The minimum absolute atomic E-state index is 0.0891. The zero-order valence-corrected chi connectivity index (χ0v) is 9.70. The van der Waals surface area contributed by atoms with Crippen molar-refractivity contribution in [3.05, 3.63) is 30.1 Å². The van der Waals surface area contributed by atoms with Gasteiger partial charge in [0.05, 0.1) is 17.7 Å². The van der Waals surface area contributed by atoms with Gasteiger partial charge < -0.3 is 10.1 Å². The molecule has 0 radical (unpaired) electrons. The molecule has 1 N–H and O–H groups in total. The van der Waals surface area contributed by atoms with Crippen LogP contribution >= 0.6 is 11.6 Å². The molecule has 0 spiro atoms. The first-order chi connectivity index (χ1) is 7.33. The maximum atomic E-state index is 5.98. The van der Waals surface area contributed by atoms with E-state index in [9.17, 15) is 0 Å². The summed E-state index contributed by atoms with van der Waals surface area (Å²) in [7, 11) is 1.66. The van der Waals surface area contributed by atoms with E-state index in [4.69, 9.17) is 16.3 Å². The highest BCUT2D eigenvalue weighted by Crippen LogP contribution is 2.01. The van der Waals surface area contributed by atoms with Gasteiger partial charge in [-0.1, -0.05) is 6.07 Å². The van der Waals surface area contributed by atoms with Crippen LogP contribution in [0.1, 0.15) is 12.1 Å². The first-order valence-corrected chi connectivity index (χ1v) is 5.50. The number of alkyl halides is 1. The highest BCUT2D eigenvalue weighted by Gasteiger charge is 2.02. The molecule has 1 rings (SSSR count). The maximum absolute atomic E-state index is 5.98. The standard InChI is InChI=1S/C11H17ClN2O/c1-15-9-10(12)5-7-13-8-11-4-2-3-6-14-11/h2-4,6,10,13H,5,7-9H2,1H3. The lowest BCUT2D eigenvalue weighted by Gasteiger charge is -2.08. The highest BCUT2D eigenvalue weighted by atomic mass is 35.5. The van der Waals surface area contributed by atoms with Gasteiger partial charge in [-0.3, -0.25) is 4.98 Å². The SMILES string of the molecule is COCC(Cl)CCNCc1ccccn1. The molecule has 1 unspecified atom stereocenters. The predicted octanol–water partition coefficient (Wildman–Crippen LogP) is 1.82. The molecular formula is C11H17ClN2O. The van der Waals surface area contributed by atoms with E-state index in [1.807, 2.05) is 18.2 Å². The van der Waals surface area contributed by atoms with Crippen LogP contribution in [-0.2, 0) is 11.3 Å². The summed E-state index contributed by atoms with van der Waals surface area (Å²) in [5, 5.41) is 3.38. The number of halogens is 1. The Morgan fingerprint density at radius 2 is 2.40 bits per heavy atom. The Morgan fingerprint density at radius 3 is 3.07 bits per heavy atom. The van der Waals surface area contributed by atoms with Gasteiger partial charge in [0.15, 0.2) is 0 Å². The van der Waals surface area contributed by atoms with Gasteiger partial charge in [0.1, 0.15) is 0 Å². The summed E-state index contributed by atoms with van der Waals surface area (Å²) < 4.78 is 4.95. The minimum atomic E-state index is 0.0891.